The molecule has 0 heterocycles. The van der Waals surface area contributed by atoms with Crippen LogP contribution in [-0.4, -0.2) is 37.1 Å². The molecule has 1 aliphatic rings. The number of carbonyl (C=O) groups excluding carboxylic acids is 4. The van der Waals surface area contributed by atoms with Gasteiger partial charge in [-0.15, -0.1) is 0 Å². The van der Waals surface area contributed by atoms with Gasteiger partial charge >= 0.3 is 12.0 Å². The number of urea groups is 1. The summed E-state index contributed by atoms with van der Waals surface area (Å²) in [5.74, 6) is -4.03. The Hall–Kier alpha value is -4.89. The highest BCUT2D eigenvalue weighted by atomic mass is 19.2. The lowest BCUT2D eigenvalue weighted by Crippen LogP contribution is -2.47. The molecule has 1 aliphatic carbocycles. The summed E-state index contributed by atoms with van der Waals surface area (Å²) in [5, 5.41) is 7.76. The Bertz CT molecular complexity index is 1650. The van der Waals surface area contributed by atoms with Crippen molar-refractivity contribution in [3.63, 3.8) is 0 Å². The van der Waals surface area contributed by atoms with Gasteiger partial charge in [0.2, 0.25) is 6.08 Å². The molecule has 250 valence electrons. The van der Waals surface area contributed by atoms with Gasteiger partial charge in [-0.2, -0.15) is 4.99 Å². The Kier molecular flexibility index (Phi) is 12.9. The van der Waals surface area contributed by atoms with Gasteiger partial charge in [-0.25, -0.2) is 23.2 Å². The van der Waals surface area contributed by atoms with Gasteiger partial charge in [-0.3, -0.25) is 4.79 Å². The van der Waals surface area contributed by atoms with E-state index in [0.717, 1.165) is 71.7 Å². The van der Waals surface area contributed by atoms with Crippen LogP contribution in [0.25, 0.3) is 0 Å². The predicted molar refractivity (Wildman–Crippen MR) is 178 cm³/mol. The second-order valence-electron chi connectivity index (χ2n) is 12.0. The number of anilines is 2. The van der Waals surface area contributed by atoms with Gasteiger partial charge in [0.05, 0.1) is 24.0 Å². The van der Waals surface area contributed by atoms with Crippen LogP contribution in [0.15, 0.2) is 41.4 Å². The van der Waals surface area contributed by atoms with Crippen molar-refractivity contribution in [1.29, 1.82) is 0 Å². The number of ether oxygens (including phenoxy) is 1. The number of carbonyl (C=O) groups is 3. The number of hydrogen-bond donors (Lipinski definition) is 3. The highest BCUT2D eigenvalue weighted by Gasteiger charge is 2.33. The smallest absolute Gasteiger partial charge is 0.328 e. The second kappa shape index (κ2) is 16.6. The lowest BCUT2D eigenvalue weighted by molar-refractivity contribution is -0.144. The Morgan fingerprint density at radius 1 is 0.809 bits per heavy atom. The Balaban J connectivity index is 0.000000420. The number of hydrogen-bond acceptors (Lipinski definition) is 6. The summed E-state index contributed by atoms with van der Waals surface area (Å²) in [6.45, 7) is 11.5. The van der Waals surface area contributed by atoms with Crippen LogP contribution < -0.4 is 16.0 Å². The van der Waals surface area contributed by atoms with Crippen molar-refractivity contribution in [3.8, 4) is 0 Å². The molecular formula is C36H42F2N4O5. The molecule has 1 fully saturated rings. The summed E-state index contributed by atoms with van der Waals surface area (Å²) >= 11 is 0. The van der Waals surface area contributed by atoms with E-state index >= 15 is 0 Å². The summed E-state index contributed by atoms with van der Waals surface area (Å²) in [6.07, 6.45) is 5.92. The number of amides is 3. The first-order valence-corrected chi connectivity index (χ1v) is 15.4. The molecule has 3 N–H and O–H groups in total. The van der Waals surface area contributed by atoms with Gasteiger partial charge in [0.1, 0.15) is 6.04 Å². The first kappa shape index (κ1) is 36.6. The zero-order valence-electron chi connectivity index (χ0n) is 27.9. The third kappa shape index (κ3) is 9.80. The molecule has 4 rings (SSSR count). The molecule has 47 heavy (non-hydrogen) atoms. The lowest BCUT2D eigenvalue weighted by Gasteiger charge is -2.29. The van der Waals surface area contributed by atoms with E-state index in [1.165, 1.54) is 12.7 Å². The molecule has 3 aromatic carbocycles. The number of halogens is 2. The Labute approximate surface area is 274 Å². The number of benzene rings is 3. The normalized spacial score (nSPS) is 13.3. The fraction of sp³-hybridized carbons (Fsp3) is 0.389. The number of methoxy groups -OCH3 is 1. The number of nitrogens with zero attached hydrogens (tertiary/aromatic N) is 1. The van der Waals surface area contributed by atoms with Crippen molar-refractivity contribution in [1.82, 2.24) is 5.32 Å². The summed E-state index contributed by atoms with van der Waals surface area (Å²) in [7, 11) is 1.23. The Morgan fingerprint density at radius 3 is 1.87 bits per heavy atom. The number of rotatable bonds is 7. The first-order chi connectivity index (χ1) is 22.2. The van der Waals surface area contributed by atoms with Gasteiger partial charge in [0, 0.05) is 11.8 Å². The van der Waals surface area contributed by atoms with Gasteiger partial charge < -0.3 is 20.7 Å². The molecule has 0 bridgehead atoms. The van der Waals surface area contributed by atoms with E-state index in [1.807, 2.05) is 65.8 Å². The van der Waals surface area contributed by atoms with Gasteiger partial charge in [0.25, 0.3) is 5.91 Å². The van der Waals surface area contributed by atoms with Crippen LogP contribution in [0.5, 0.6) is 0 Å². The van der Waals surface area contributed by atoms with Crippen LogP contribution in [0.2, 0.25) is 0 Å². The third-order valence-corrected chi connectivity index (χ3v) is 8.12. The SMILES string of the molecule is COC(=O)[C@@H](NC(=O)c1cc(F)c(F)cc1NC(=O)Nc1c(C)cc(C)cc1C)C1CCCCC1.Cc1cc(C)c(N=C=O)c(C)c1. The maximum Gasteiger partial charge on any atom is 0.328 e. The largest absolute Gasteiger partial charge is 0.467 e. The van der Waals surface area contributed by atoms with E-state index < -0.39 is 35.6 Å². The fourth-order valence-corrected chi connectivity index (χ4v) is 6.06. The topological polar surface area (TPSA) is 126 Å². The van der Waals surface area contributed by atoms with Gasteiger partial charge in [-0.1, -0.05) is 54.7 Å². The van der Waals surface area contributed by atoms with Crippen LogP contribution in [0.4, 0.5) is 30.6 Å². The molecule has 3 aromatic rings. The number of aliphatic imine (C=N–C) groups is 1. The van der Waals surface area contributed by atoms with Crippen molar-refractivity contribution in [3.05, 3.63) is 87.0 Å². The summed E-state index contributed by atoms with van der Waals surface area (Å²) in [4.78, 5) is 51.9. The average molecular weight is 649 g/mol. The van der Waals surface area contributed by atoms with Gasteiger partial charge in [-0.05, 0) is 88.6 Å². The van der Waals surface area contributed by atoms with Crippen molar-refractivity contribution < 1.29 is 32.7 Å². The van der Waals surface area contributed by atoms with E-state index in [9.17, 15) is 28.0 Å². The summed E-state index contributed by atoms with van der Waals surface area (Å²) < 4.78 is 33.0. The third-order valence-electron chi connectivity index (χ3n) is 8.12. The van der Waals surface area contributed by atoms with Crippen LogP contribution >= 0.6 is 0 Å². The molecule has 0 aromatic heterocycles. The highest BCUT2D eigenvalue weighted by Crippen LogP contribution is 2.29. The summed E-state index contributed by atoms with van der Waals surface area (Å²) in [5.41, 5.74) is 6.71. The van der Waals surface area contributed by atoms with E-state index in [-0.39, 0.29) is 17.2 Å². The molecule has 9 nitrogen and oxygen atoms in total. The number of nitrogens with one attached hydrogen (secondary N) is 3. The van der Waals surface area contributed by atoms with Crippen LogP contribution in [0.1, 0.15) is 75.8 Å². The molecule has 0 radical (unpaired) electrons. The van der Waals surface area contributed by atoms with Crippen LogP contribution in [0, 0.1) is 59.1 Å². The van der Waals surface area contributed by atoms with Crippen molar-refractivity contribution in [2.24, 2.45) is 10.9 Å². The lowest BCUT2D eigenvalue weighted by atomic mass is 9.83. The first-order valence-electron chi connectivity index (χ1n) is 15.4. The van der Waals surface area contributed by atoms with E-state index in [2.05, 4.69) is 20.9 Å². The predicted octanol–water partition coefficient (Wildman–Crippen LogP) is 7.96. The maximum atomic E-state index is 14.1. The fourth-order valence-electron chi connectivity index (χ4n) is 6.06. The molecule has 0 aliphatic heterocycles. The van der Waals surface area contributed by atoms with E-state index in [1.54, 1.807) is 6.08 Å². The average Bonchev–Trinajstić information content (AvgIpc) is 3.01. The molecule has 0 unspecified atom stereocenters. The minimum Gasteiger partial charge on any atom is -0.467 e. The number of isocyanates is 1. The zero-order valence-corrected chi connectivity index (χ0v) is 27.9. The minimum atomic E-state index is -1.25. The van der Waals surface area contributed by atoms with Crippen molar-refractivity contribution >= 4 is 41.0 Å². The van der Waals surface area contributed by atoms with Gasteiger partial charge in [0.15, 0.2) is 11.6 Å². The zero-order chi connectivity index (χ0) is 34.8. The van der Waals surface area contributed by atoms with Crippen LogP contribution in [0.3, 0.4) is 0 Å². The summed E-state index contributed by atoms with van der Waals surface area (Å²) in [6, 6.07) is 7.60. The van der Waals surface area contributed by atoms with Crippen molar-refractivity contribution in [2.75, 3.05) is 17.7 Å². The molecule has 1 saturated carbocycles. The van der Waals surface area contributed by atoms with Crippen molar-refractivity contribution in [2.45, 2.75) is 79.7 Å². The van der Waals surface area contributed by atoms with Crippen LogP contribution in [-0.2, 0) is 14.3 Å². The maximum absolute atomic E-state index is 14.1. The van der Waals surface area contributed by atoms with E-state index in [4.69, 9.17) is 4.74 Å². The molecule has 0 spiro atoms. The minimum absolute atomic E-state index is 0.127. The number of aryl methyl sites for hydroxylation is 6. The monoisotopic (exact) mass is 648 g/mol. The molecule has 3 amide bonds. The molecule has 1 atom stereocenters. The molecule has 0 saturated heterocycles. The number of esters is 1. The molecule has 11 heteroatoms. The van der Waals surface area contributed by atoms with E-state index in [0.29, 0.717) is 11.8 Å². The highest BCUT2D eigenvalue weighted by molar-refractivity contribution is 6.07. The second-order valence-corrected chi connectivity index (χ2v) is 12.0. The Morgan fingerprint density at radius 2 is 1.34 bits per heavy atom. The molecular weight excluding hydrogens is 606 g/mol. The standard InChI is InChI=1S/C26H31F2N3O4.C10H11NO/c1-14-10-15(2)22(16(3)11-14)31-26(34)29-21-13-20(28)19(27)12-18(21)24(32)30-23(25(33)35-4)17-8-6-5-7-9-17;1-7-4-8(2)10(11-6-12)9(3)5-7/h10-13,17,23H,5-9H2,1-4H3,(H,30,32)(H2,29,31,34);4-5H,1-3H3/t23-;/m0./s1. The quantitative estimate of drug-likeness (QED) is 0.136.